The summed E-state index contributed by atoms with van der Waals surface area (Å²) >= 11 is 0. The monoisotopic (exact) mass is 259 g/mol. The van der Waals surface area contributed by atoms with Crippen molar-refractivity contribution < 1.29 is 4.79 Å². The van der Waals surface area contributed by atoms with E-state index >= 15 is 0 Å². The molecule has 0 bridgehead atoms. The Balaban J connectivity index is 2.07. The second-order valence-corrected chi connectivity index (χ2v) is 5.08. The first-order valence-electron chi connectivity index (χ1n) is 6.67. The molecule has 0 fully saturated rings. The minimum atomic E-state index is 0.0930. The summed E-state index contributed by atoms with van der Waals surface area (Å²) in [5.74, 6) is 0.0930. The van der Waals surface area contributed by atoms with Crippen molar-refractivity contribution in [2.24, 2.45) is 5.73 Å². The van der Waals surface area contributed by atoms with E-state index in [9.17, 15) is 4.79 Å². The molecule has 0 saturated carbocycles. The summed E-state index contributed by atoms with van der Waals surface area (Å²) in [5, 5.41) is 4.08. The minimum absolute atomic E-state index is 0.0930. The van der Waals surface area contributed by atoms with E-state index in [1.165, 1.54) is 5.39 Å². The molecule has 4 nitrogen and oxygen atoms in total. The number of carbonyl (C=O) groups is 1. The molecule has 1 heterocycles. The van der Waals surface area contributed by atoms with Crippen LogP contribution in [0.25, 0.3) is 10.9 Å². The van der Waals surface area contributed by atoms with Gasteiger partial charge < -0.3 is 15.6 Å². The van der Waals surface area contributed by atoms with Gasteiger partial charge in [-0.1, -0.05) is 6.07 Å². The van der Waals surface area contributed by atoms with E-state index in [2.05, 4.69) is 28.1 Å². The van der Waals surface area contributed by atoms with Gasteiger partial charge in [-0.15, -0.1) is 0 Å². The third-order valence-electron chi connectivity index (χ3n) is 3.10. The highest BCUT2D eigenvalue weighted by atomic mass is 16.1. The molecule has 1 aromatic heterocycles. The second kappa shape index (κ2) is 5.89. The van der Waals surface area contributed by atoms with Crippen LogP contribution in [0.15, 0.2) is 30.5 Å². The van der Waals surface area contributed by atoms with Gasteiger partial charge in [0.25, 0.3) is 0 Å². The predicted molar refractivity (Wildman–Crippen MR) is 77.7 cm³/mol. The number of fused-ring (bicyclic) bond motifs is 1. The SMILES string of the molecule is CC(C)NC(=O)CCn1ccc2cc(CN)ccc21. The van der Waals surface area contributed by atoms with Gasteiger partial charge in [0, 0.05) is 37.3 Å². The number of aryl methyl sites for hydroxylation is 1. The van der Waals surface area contributed by atoms with Crippen LogP contribution in [-0.2, 0) is 17.9 Å². The molecule has 0 aliphatic rings. The Kier molecular flexibility index (Phi) is 4.22. The number of nitrogens with one attached hydrogen (secondary N) is 1. The largest absolute Gasteiger partial charge is 0.354 e. The molecule has 0 unspecified atom stereocenters. The molecule has 19 heavy (non-hydrogen) atoms. The Hall–Kier alpha value is -1.81. The molecular formula is C15H21N3O. The normalized spacial score (nSPS) is 11.2. The van der Waals surface area contributed by atoms with Crippen molar-refractivity contribution in [3.63, 3.8) is 0 Å². The average molecular weight is 259 g/mol. The Morgan fingerprint density at radius 2 is 2.16 bits per heavy atom. The van der Waals surface area contributed by atoms with Gasteiger partial charge in [-0.25, -0.2) is 0 Å². The first-order chi connectivity index (χ1) is 9.10. The predicted octanol–water partition coefficient (Wildman–Crippen LogP) is 2.01. The summed E-state index contributed by atoms with van der Waals surface area (Å²) in [4.78, 5) is 11.6. The molecule has 0 atom stereocenters. The van der Waals surface area contributed by atoms with Crippen molar-refractivity contribution in [1.29, 1.82) is 0 Å². The van der Waals surface area contributed by atoms with Gasteiger partial charge in [-0.05, 0) is 43.0 Å². The number of hydrogen-bond acceptors (Lipinski definition) is 2. The molecule has 2 aromatic rings. The van der Waals surface area contributed by atoms with Crippen LogP contribution in [0.1, 0.15) is 25.8 Å². The van der Waals surface area contributed by atoms with Crippen molar-refractivity contribution in [2.45, 2.75) is 39.4 Å². The smallest absolute Gasteiger partial charge is 0.221 e. The number of benzene rings is 1. The van der Waals surface area contributed by atoms with Crippen LogP contribution in [0, 0.1) is 0 Å². The van der Waals surface area contributed by atoms with Gasteiger partial charge >= 0.3 is 0 Å². The van der Waals surface area contributed by atoms with Gasteiger partial charge in [0.1, 0.15) is 0 Å². The first-order valence-corrected chi connectivity index (χ1v) is 6.67. The minimum Gasteiger partial charge on any atom is -0.354 e. The highest BCUT2D eigenvalue weighted by molar-refractivity contribution is 5.81. The van der Waals surface area contributed by atoms with E-state index < -0.39 is 0 Å². The molecule has 0 spiro atoms. The zero-order valence-electron chi connectivity index (χ0n) is 11.5. The molecule has 1 aromatic carbocycles. The lowest BCUT2D eigenvalue weighted by Crippen LogP contribution is -2.30. The third kappa shape index (κ3) is 3.35. The van der Waals surface area contributed by atoms with Crippen LogP contribution in [-0.4, -0.2) is 16.5 Å². The molecule has 2 rings (SSSR count). The highest BCUT2D eigenvalue weighted by Crippen LogP contribution is 2.17. The molecule has 0 aliphatic carbocycles. The van der Waals surface area contributed by atoms with E-state index in [0.29, 0.717) is 19.5 Å². The fourth-order valence-corrected chi connectivity index (χ4v) is 2.19. The Labute approximate surface area is 113 Å². The molecular weight excluding hydrogens is 238 g/mol. The number of aromatic nitrogens is 1. The lowest BCUT2D eigenvalue weighted by Gasteiger charge is -2.09. The zero-order valence-corrected chi connectivity index (χ0v) is 11.5. The number of carbonyl (C=O) groups excluding carboxylic acids is 1. The number of rotatable bonds is 5. The van der Waals surface area contributed by atoms with Gasteiger partial charge in [0.05, 0.1) is 0 Å². The lowest BCUT2D eigenvalue weighted by molar-refractivity contribution is -0.121. The van der Waals surface area contributed by atoms with Crippen LogP contribution in [0.3, 0.4) is 0 Å². The first kappa shape index (κ1) is 13.6. The Morgan fingerprint density at radius 1 is 1.37 bits per heavy atom. The summed E-state index contributed by atoms with van der Waals surface area (Å²) in [6.07, 6.45) is 2.52. The third-order valence-corrected chi connectivity index (χ3v) is 3.10. The van der Waals surface area contributed by atoms with Crippen LogP contribution < -0.4 is 11.1 Å². The van der Waals surface area contributed by atoms with Crippen molar-refractivity contribution in [1.82, 2.24) is 9.88 Å². The van der Waals surface area contributed by atoms with Crippen LogP contribution >= 0.6 is 0 Å². The number of hydrogen-bond donors (Lipinski definition) is 2. The second-order valence-electron chi connectivity index (χ2n) is 5.08. The molecule has 0 aliphatic heterocycles. The summed E-state index contributed by atoms with van der Waals surface area (Å²) in [6.45, 7) is 5.19. The maximum absolute atomic E-state index is 11.6. The summed E-state index contributed by atoms with van der Waals surface area (Å²) in [5.41, 5.74) is 7.91. The van der Waals surface area contributed by atoms with Crippen LogP contribution in [0.2, 0.25) is 0 Å². The van der Waals surface area contributed by atoms with Crippen molar-refractivity contribution in [3.8, 4) is 0 Å². The topological polar surface area (TPSA) is 60.0 Å². The quantitative estimate of drug-likeness (QED) is 0.863. The standard InChI is InChI=1S/C15H21N3O/c1-11(2)17-15(19)6-8-18-7-5-13-9-12(10-16)3-4-14(13)18/h3-5,7,9,11H,6,8,10,16H2,1-2H3,(H,17,19). The fraction of sp³-hybridized carbons (Fsp3) is 0.400. The average Bonchev–Trinajstić information content (AvgIpc) is 2.77. The van der Waals surface area contributed by atoms with Gasteiger partial charge in [0.15, 0.2) is 0 Å². The van der Waals surface area contributed by atoms with E-state index in [4.69, 9.17) is 5.73 Å². The lowest BCUT2D eigenvalue weighted by atomic mass is 10.1. The molecule has 4 heteroatoms. The summed E-state index contributed by atoms with van der Waals surface area (Å²) < 4.78 is 2.11. The number of nitrogens with zero attached hydrogens (tertiary/aromatic N) is 1. The van der Waals surface area contributed by atoms with Crippen molar-refractivity contribution in [2.75, 3.05) is 0 Å². The van der Waals surface area contributed by atoms with Gasteiger partial charge in [-0.2, -0.15) is 0 Å². The maximum atomic E-state index is 11.6. The summed E-state index contributed by atoms with van der Waals surface area (Å²) in [6, 6.07) is 8.46. The van der Waals surface area contributed by atoms with E-state index in [0.717, 1.165) is 11.1 Å². The maximum Gasteiger partial charge on any atom is 0.221 e. The van der Waals surface area contributed by atoms with E-state index in [1.54, 1.807) is 0 Å². The number of nitrogens with two attached hydrogens (primary N) is 1. The summed E-state index contributed by atoms with van der Waals surface area (Å²) in [7, 11) is 0. The van der Waals surface area contributed by atoms with Crippen molar-refractivity contribution >= 4 is 16.8 Å². The van der Waals surface area contributed by atoms with Crippen LogP contribution in [0.4, 0.5) is 0 Å². The van der Waals surface area contributed by atoms with Crippen LogP contribution in [0.5, 0.6) is 0 Å². The zero-order chi connectivity index (χ0) is 13.8. The van der Waals surface area contributed by atoms with Gasteiger partial charge in [0.2, 0.25) is 5.91 Å². The van der Waals surface area contributed by atoms with E-state index in [-0.39, 0.29) is 11.9 Å². The molecule has 0 radical (unpaired) electrons. The molecule has 102 valence electrons. The molecule has 1 amide bonds. The van der Waals surface area contributed by atoms with Gasteiger partial charge in [-0.3, -0.25) is 4.79 Å². The Bertz CT molecular complexity index is 572. The Morgan fingerprint density at radius 3 is 2.84 bits per heavy atom. The fourth-order valence-electron chi connectivity index (χ4n) is 2.19. The van der Waals surface area contributed by atoms with Crippen molar-refractivity contribution in [3.05, 3.63) is 36.0 Å². The van der Waals surface area contributed by atoms with E-state index in [1.807, 2.05) is 26.1 Å². The molecule has 3 N–H and O–H groups in total. The molecule has 0 saturated heterocycles. The highest BCUT2D eigenvalue weighted by Gasteiger charge is 2.06. The number of amides is 1.